The van der Waals surface area contributed by atoms with Gasteiger partial charge >= 0.3 is 5.97 Å². The maximum Gasteiger partial charge on any atom is 0.338 e. The van der Waals surface area contributed by atoms with Gasteiger partial charge in [0.05, 0.1) is 30.9 Å². The van der Waals surface area contributed by atoms with Crippen LogP contribution in [0.4, 0.5) is 0 Å². The summed E-state index contributed by atoms with van der Waals surface area (Å²) in [5, 5.41) is 2.63. The van der Waals surface area contributed by atoms with Crippen LogP contribution in [0.25, 0.3) is 0 Å². The third kappa shape index (κ3) is 5.77. The summed E-state index contributed by atoms with van der Waals surface area (Å²) in [6.45, 7) is 0.621. The van der Waals surface area contributed by atoms with E-state index in [1.807, 2.05) is 12.1 Å². The molecule has 1 amide bonds. The molecule has 0 radical (unpaired) electrons. The molecule has 3 rings (SSSR count). The highest BCUT2D eigenvalue weighted by molar-refractivity contribution is 7.89. The number of esters is 1. The van der Waals surface area contributed by atoms with Crippen LogP contribution in [-0.2, 0) is 30.8 Å². The number of sulfonamides is 1. The van der Waals surface area contributed by atoms with Gasteiger partial charge in [0.25, 0.3) is 5.91 Å². The summed E-state index contributed by atoms with van der Waals surface area (Å²) in [6.07, 6.45) is 0. The van der Waals surface area contributed by atoms with Gasteiger partial charge in [0.1, 0.15) is 10.6 Å². The van der Waals surface area contributed by atoms with Crippen molar-refractivity contribution in [2.45, 2.75) is 11.4 Å². The molecule has 1 fully saturated rings. The van der Waals surface area contributed by atoms with E-state index in [1.165, 1.54) is 23.5 Å². The number of ether oxygens (including phenoxy) is 3. The second-order valence-electron chi connectivity index (χ2n) is 6.83. The topological polar surface area (TPSA) is 111 Å². The number of hydrogen-bond acceptors (Lipinski definition) is 7. The summed E-state index contributed by atoms with van der Waals surface area (Å²) in [5.74, 6) is -0.730. The Balaban J connectivity index is 1.61. The quantitative estimate of drug-likeness (QED) is 0.571. The molecule has 0 spiro atoms. The third-order valence-electron chi connectivity index (χ3n) is 4.76. The summed E-state index contributed by atoms with van der Waals surface area (Å²) in [7, 11) is -2.37. The van der Waals surface area contributed by atoms with Crippen LogP contribution < -0.4 is 10.1 Å². The highest BCUT2D eigenvalue weighted by Crippen LogP contribution is 2.27. The predicted molar refractivity (Wildman–Crippen MR) is 116 cm³/mol. The highest BCUT2D eigenvalue weighted by Gasteiger charge is 2.29. The second kappa shape index (κ2) is 10.8. The Labute approximate surface area is 191 Å². The SMILES string of the molecule is COc1ccccc1CNC(=O)COC(=O)c1ccc(Cl)c(S(=O)(=O)N2CCOCC2)c1. The summed E-state index contributed by atoms with van der Waals surface area (Å²) < 4.78 is 42.4. The molecule has 1 aliphatic heterocycles. The zero-order valence-electron chi connectivity index (χ0n) is 17.4. The first kappa shape index (κ1) is 24.0. The van der Waals surface area contributed by atoms with E-state index in [1.54, 1.807) is 12.1 Å². The molecule has 1 aliphatic rings. The number of nitrogens with one attached hydrogen (secondary N) is 1. The van der Waals surface area contributed by atoms with Crippen molar-refractivity contribution in [3.63, 3.8) is 0 Å². The monoisotopic (exact) mass is 482 g/mol. The van der Waals surface area contributed by atoms with E-state index in [-0.39, 0.29) is 48.3 Å². The summed E-state index contributed by atoms with van der Waals surface area (Å²) >= 11 is 6.09. The van der Waals surface area contributed by atoms with Crippen LogP contribution in [0.5, 0.6) is 5.75 Å². The van der Waals surface area contributed by atoms with Crippen molar-refractivity contribution < 1.29 is 32.2 Å². The van der Waals surface area contributed by atoms with Crippen LogP contribution in [0.3, 0.4) is 0 Å². The molecule has 0 unspecified atom stereocenters. The van der Waals surface area contributed by atoms with Gasteiger partial charge in [-0.3, -0.25) is 4.79 Å². The maximum absolute atomic E-state index is 12.9. The average molecular weight is 483 g/mol. The van der Waals surface area contributed by atoms with Crippen LogP contribution in [0.2, 0.25) is 5.02 Å². The van der Waals surface area contributed by atoms with Crippen LogP contribution in [-0.4, -0.2) is 64.6 Å². The largest absolute Gasteiger partial charge is 0.496 e. The number of para-hydroxylation sites is 1. The molecule has 172 valence electrons. The number of methoxy groups -OCH3 is 1. The van der Waals surface area contributed by atoms with Crippen molar-refractivity contribution >= 4 is 33.5 Å². The minimum Gasteiger partial charge on any atom is -0.496 e. The number of nitrogens with zero attached hydrogens (tertiary/aromatic N) is 1. The Morgan fingerprint density at radius 1 is 1.16 bits per heavy atom. The fraction of sp³-hybridized carbons (Fsp3) is 0.333. The zero-order valence-corrected chi connectivity index (χ0v) is 18.9. The molecule has 0 atom stereocenters. The van der Waals surface area contributed by atoms with Gasteiger partial charge in [0.2, 0.25) is 10.0 Å². The van der Waals surface area contributed by atoms with E-state index in [0.717, 1.165) is 11.6 Å². The van der Waals surface area contributed by atoms with Gasteiger partial charge in [-0.05, 0) is 24.3 Å². The predicted octanol–water partition coefficient (Wildman–Crippen LogP) is 1.84. The number of morpholine rings is 1. The molecule has 32 heavy (non-hydrogen) atoms. The number of amides is 1. The minimum atomic E-state index is -3.90. The van der Waals surface area contributed by atoms with E-state index >= 15 is 0 Å². The smallest absolute Gasteiger partial charge is 0.338 e. The van der Waals surface area contributed by atoms with Gasteiger partial charge in [0, 0.05) is 25.2 Å². The van der Waals surface area contributed by atoms with Crippen LogP contribution in [0.1, 0.15) is 15.9 Å². The fourth-order valence-corrected chi connectivity index (χ4v) is 4.97. The molecule has 11 heteroatoms. The fourth-order valence-electron chi connectivity index (χ4n) is 3.06. The van der Waals surface area contributed by atoms with E-state index in [2.05, 4.69) is 5.32 Å². The van der Waals surface area contributed by atoms with Gasteiger partial charge < -0.3 is 19.5 Å². The molecule has 0 saturated carbocycles. The normalized spacial score (nSPS) is 14.6. The van der Waals surface area contributed by atoms with E-state index in [0.29, 0.717) is 5.75 Å². The standard InChI is InChI=1S/C21H23ClN2O7S/c1-29-18-5-3-2-4-16(18)13-23-20(25)14-31-21(26)15-6-7-17(22)19(12-15)32(27,28)24-8-10-30-11-9-24/h2-7,12H,8-11,13-14H2,1H3,(H,23,25). The number of hydrogen-bond donors (Lipinski definition) is 1. The van der Waals surface area contributed by atoms with Crippen molar-refractivity contribution in [1.82, 2.24) is 9.62 Å². The molecule has 0 bridgehead atoms. The highest BCUT2D eigenvalue weighted by atomic mass is 35.5. The Hall–Kier alpha value is -2.66. The Bertz CT molecular complexity index is 1090. The van der Waals surface area contributed by atoms with Crippen LogP contribution in [0.15, 0.2) is 47.4 Å². The first-order valence-electron chi connectivity index (χ1n) is 9.76. The maximum atomic E-state index is 12.9. The van der Waals surface area contributed by atoms with E-state index < -0.39 is 28.5 Å². The molecule has 2 aromatic carbocycles. The molecule has 9 nitrogen and oxygen atoms in total. The number of benzene rings is 2. The average Bonchev–Trinajstić information content (AvgIpc) is 2.82. The first-order valence-corrected chi connectivity index (χ1v) is 11.6. The van der Waals surface area contributed by atoms with Gasteiger partial charge in [-0.1, -0.05) is 29.8 Å². The Morgan fingerprint density at radius 2 is 1.88 bits per heavy atom. The van der Waals surface area contributed by atoms with Crippen molar-refractivity contribution in [3.8, 4) is 5.75 Å². The Morgan fingerprint density at radius 3 is 2.59 bits per heavy atom. The van der Waals surface area contributed by atoms with Crippen molar-refractivity contribution in [2.75, 3.05) is 40.0 Å². The lowest BCUT2D eigenvalue weighted by molar-refractivity contribution is -0.124. The molecule has 2 aromatic rings. The molecular formula is C21H23ClN2O7S. The molecular weight excluding hydrogens is 460 g/mol. The van der Waals surface area contributed by atoms with Gasteiger partial charge in [-0.25, -0.2) is 13.2 Å². The Kier molecular flexibility index (Phi) is 8.08. The zero-order chi connectivity index (χ0) is 23.1. The number of carbonyl (C=O) groups is 2. The number of carbonyl (C=O) groups excluding carboxylic acids is 2. The van der Waals surface area contributed by atoms with Gasteiger partial charge in [-0.2, -0.15) is 4.31 Å². The lowest BCUT2D eigenvalue weighted by Crippen LogP contribution is -2.40. The first-order chi connectivity index (χ1) is 15.3. The molecule has 1 N–H and O–H groups in total. The van der Waals surface area contributed by atoms with Gasteiger partial charge in [0.15, 0.2) is 6.61 Å². The molecule has 1 heterocycles. The van der Waals surface area contributed by atoms with Crippen molar-refractivity contribution in [3.05, 3.63) is 58.6 Å². The van der Waals surface area contributed by atoms with E-state index in [4.69, 9.17) is 25.8 Å². The number of halogens is 1. The van der Waals surface area contributed by atoms with Gasteiger partial charge in [-0.15, -0.1) is 0 Å². The lowest BCUT2D eigenvalue weighted by Gasteiger charge is -2.26. The second-order valence-corrected chi connectivity index (χ2v) is 9.14. The molecule has 1 saturated heterocycles. The summed E-state index contributed by atoms with van der Waals surface area (Å²) in [6, 6.07) is 11.0. The van der Waals surface area contributed by atoms with Crippen molar-refractivity contribution in [1.29, 1.82) is 0 Å². The lowest BCUT2D eigenvalue weighted by atomic mass is 10.2. The number of rotatable bonds is 8. The summed E-state index contributed by atoms with van der Waals surface area (Å²) in [5.41, 5.74) is 0.740. The minimum absolute atomic E-state index is 0.0115. The molecule has 0 aliphatic carbocycles. The molecule has 0 aromatic heterocycles. The van der Waals surface area contributed by atoms with Crippen LogP contribution in [0, 0.1) is 0 Å². The van der Waals surface area contributed by atoms with E-state index in [9.17, 15) is 18.0 Å². The summed E-state index contributed by atoms with van der Waals surface area (Å²) in [4.78, 5) is 24.3. The van der Waals surface area contributed by atoms with Crippen molar-refractivity contribution in [2.24, 2.45) is 0 Å². The van der Waals surface area contributed by atoms with Crippen LogP contribution >= 0.6 is 11.6 Å². The third-order valence-corrected chi connectivity index (χ3v) is 7.14.